The van der Waals surface area contributed by atoms with Gasteiger partial charge in [0.1, 0.15) is 5.82 Å². The molecule has 3 aliphatic rings. The maximum atomic E-state index is 11.0. The van der Waals surface area contributed by atoms with Crippen molar-refractivity contribution in [2.75, 3.05) is 24.5 Å². The zero-order valence-electron chi connectivity index (χ0n) is 15.7. The van der Waals surface area contributed by atoms with E-state index in [0.717, 1.165) is 81.2 Å². The Kier molecular flexibility index (Phi) is 4.32. The van der Waals surface area contributed by atoms with Gasteiger partial charge in [-0.2, -0.15) is 0 Å². The van der Waals surface area contributed by atoms with Crippen molar-refractivity contribution in [3.63, 3.8) is 0 Å². The lowest BCUT2D eigenvalue weighted by atomic mass is 9.71. The van der Waals surface area contributed by atoms with E-state index in [1.54, 1.807) is 6.20 Å². The number of pyridine rings is 1. The number of aliphatic hydroxyl groups is 1. The first-order valence-electron chi connectivity index (χ1n) is 10.2. The van der Waals surface area contributed by atoms with Crippen molar-refractivity contribution in [2.45, 2.75) is 50.7 Å². The van der Waals surface area contributed by atoms with E-state index < -0.39 is 5.60 Å². The molecule has 0 aromatic carbocycles. The van der Waals surface area contributed by atoms with Crippen LogP contribution >= 0.6 is 0 Å². The van der Waals surface area contributed by atoms with Crippen LogP contribution in [-0.4, -0.2) is 45.3 Å². The summed E-state index contributed by atoms with van der Waals surface area (Å²) in [6.45, 7) is 3.53. The van der Waals surface area contributed by atoms with Gasteiger partial charge in [-0.3, -0.25) is 4.98 Å². The number of hydrogen-bond donors (Lipinski definition) is 2. The predicted molar refractivity (Wildman–Crippen MR) is 104 cm³/mol. The predicted octanol–water partition coefficient (Wildman–Crippen LogP) is 2.32. The molecule has 0 amide bonds. The van der Waals surface area contributed by atoms with Crippen LogP contribution in [0.2, 0.25) is 0 Å². The number of nitrogens with one attached hydrogen (secondary N) is 1. The highest BCUT2D eigenvalue weighted by molar-refractivity contribution is 5.60. The first kappa shape index (κ1) is 17.1. The number of anilines is 1. The molecule has 6 heteroatoms. The molecule has 142 valence electrons. The summed E-state index contributed by atoms with van der Waals surface area (Å²) in [6, 6.07) is 3.95. The van der Waals surface area contributed by atoms with Gasteiger partial charge in [-0.25, -0.2) is 9.97 Å². The molecule has 2 aliphatic heterocycles. The highest BCUT2D eigenvalue weighted by atomic mass is 16.3. The summed E-state index contributed by atoms with van der Waals surface area (Å²) in [4.78, 5) is 16.5. The SMILES string of the molecule is O[C@]12CCCC[C@H]1CN(c1nc(-c3cccnc3)nc3c1CCNC3)CC2. The zero-order chi connectivity index (χ0) is 18.3. The molecule has 1 saturated heterocycles. The molecule has 2 atom stereocenters. The van der Waals surface area contributed by atoms with Gasteiger partial charge in [-0.1, -0.05) is 12.8 Å². The van der Waals surface area contributed by atoms with Crippen molar-refractivity contribution in [3.8, 4) is 11.4 Å². The Bertz CT molecular complexity index is 827. The normalized spacial score (nSPS) is 27.7. The minimum Gasteiger partial charge on any atom is -0.389 e. The smallest absolute Gasteiger partial charge is 0.163 e. The Hall–Kier alpha value is -2.05. The van der Waals surface area contributed by atoms with Crippen molar-refractivity contribution in [2.24, 2.45) is 5.92 Å². The molecule has 2 aromatic rings. The standard InChI is InChI=1S/C21H27N5O/c27-21-7-2-1-5-16(21)14-26(11-8-21)20-17-6-10-23-13-18(17)24-19(25-20)15-4-3-9-22-12-15/h3-4,9,12,16,23,27H,1-2,5-8,10-11,13-14H2/t16-,21-/m0/s1. The van der Waals surface area contributed by atoms with Crippen LogP contribution < -0.4 is 10.2 Å². The topological polar surface area (TPSA) is 74.2 Å². The average molecular weight is 365 g/mol. The first-order valence-corrected chi connectivity index (χ1v) is 10.2. The van der Waals surface area contributed by atoms with Gasteiger partial charge in [0.05, 0.1) is 11.3 Å². The molecule has 0 unspecified atom stereocenters. The summed E-state index contributed by atoms with van der Waals surface area (Å²) < 4.78 is 0. The van der Waals surface area contributed by atoms with Crippen molar-refractivity contribution in [1.29, 1.82) is 0 Å². The molecule has 4 heterocycles. The van der Waals surface area contributed by atoms with Gasteiger partial charge < -0.3 is 15.3 Å². The van der Waals surface area contributed by atoms with E-state index >= 15 is 0 Å². The second-order valence-electron chi connectivity index (χ2n) is 8.21. The molecule has 6 nitrogen and oxygen atoms in total. The third-order valence-corrected chi connectivity index (χ3v) is 6.56. The number of fused-ring (bicyclic) bond motifs is 2. The van der Waals surface area contributed by atoms with Crippen molar-refractivity contribution >= 4 is 5.82 Å². The number of nitrogens with zero attached hydrogens (tertiary/aromatic N) is 4. The zero-order valence-corrected chi connectivity index (χ0v) is 15.7. The number of piperidine rings is 1. The lowest BCUT2D eigenvalue weighted by Gasteiger charge is -2.48. The molecule has 1 aliphatic carbocycles. The molecule has 0 spiro atoms. The highest BCUT2D eigenvalue weighted by Gasteiger charge is 2.43. The lowest BCUT2D eigenvalue weighted by Crippen LogP contribution is -2.54. The number of aromatic nitrogens is 3. The van der Waals surface area contributed by atoms with E-state index in [-0.39, 0.29) is 0 Å². The van der Waals surface area contributed by atoms with Crippen molar-refractivity contribution in [3.05, 3.63) is 35.8 Å². The van der Waals surface area contributed by atoms with E-state index in [0.29, 0.717) is 5.92 Å². The molecule has 27 heavy (non-hydrogen) atoms. The maximum absolute atomic E-state index is 11.0. The summed E-state index contributed by atoms with van der Waals surface area (Å²) in [7, 11) is 0. The first-order chi connectivity index (χ1) is 13.2. The molecular weight excluding hydrogens is 338 g/mol. The van der Waals surface area contributed by atoms with E-state index in [9.17, 15) is 5.11 Å². The molecule has 0 radical (unpaired) electrons. The Balaban J connectivity index is 1.53. The molecule has 5 rings (SSSR count). The second kappa shape index (κ2) is 6.84. The van der Waals surface area contributed by atoms with Gasteiger partial charge in [0.25, 0.3) is 0 Å². The van der Waals surface area contributed by atoms with E-state index in [1.165, 1.54) is 12.0 Å². The van der Waals surface area contributed by atoms with Crippen LogP contribution in [0.1, 0.15) is 43.4 Å². The number of hydrogen-bond acceptors (Lipinski definition) is 6. The molecule has 2 N–H and O–H groups in total. The van der Waals surface area contributed by atoms with E-state index in [1.807, 2.05) is 18.3 Å². The third kappa shape index (κ3) is 3.11. The highest BCUT2D eigenvalue weighted by Crippen LogP contribution is 2.41. The van der Waals surface area contributed by atoms with E-state index in [4.69, 9.17) is 9.97 Å². The van der Waals surface area contributed by atoms with Gasteiger partial charge in [-0.15, -0.1) is 0 Å². The van der Waals surface area contributed by atoms with E-state index in [2.05, 4.69) is 15.2 Å². The van der Waals surface area contributed by atoms with Crippen LogP contribution in [0.5, 0.6) is 0 Å². The Labute approximate surface area is 160 Å². The second-order valence-corrected chi connectivity index (χ2v) is 8.21. The maximum Gasteiger partial charge on any atom is 0.163 e. The summed E-state index contributed by atoms with van der Waals surface area (Å²) in [5, 5.41) is 14.5. The van der Waals surface area contributed by atoms with Crippen LogP contribution in [0.15, 0.2) is 24.5 Å². The quantitative estimate of drug-likeness (QED) is 0.851. The Morgan fingerprint density at radius 2 is 2.19 bits per heavy atom. The minimum absolute atomic E-state index is 0.356. The summed E-state index contributed by atoms with van der Waals surface area (Å²) in [5.41, 5.74) is 2.88. The fraction of sp³-hybridized carbons (Fsp3) is 0.571. The fourth-order valence-electron chi connectivity index (χ4n) is 4.99. The summed E-state index contributed by atoms with van der Waals surface area (Å²) in [6.07, 6.45) is 9.88. The minimum atomic E-state index is -0.463. The summed E-state index contributed by atoms with van der Waals surface area (Å²) >= 11 is 0. The molecule has 2 fully saturated rings. The fourth-order valence-corrected chi connectivity index (χ4v) is 4.99. The Morgan fingerprint density at radius 3 is 3.07 bits per heavy atom. The van der Waals surface area contributed by atoms with Crippen molar-refractivity contribution < 1.29 is 5.11 Å². The number of rotatable bonds is 2. The van der Waals surface area contributed by atoms with Crippen LogP contribution in [0.4, 0.5) is 5.82 Å². The summed E-state index contributed by atoms with van der Waals surface area (Å²) in [5.74, 6) is 2.19. The van der Waals surface area contributed by atoms with Gasteiger partial charge >= 0.3 is 0 Å². The van der Waals surface area contributed by atoms with Gasteiger partial charge in [-0.05, 0) is 44.4 Å². The van der Waals surface area contributed by atoms with Gasteiger partial charge in [0, 0.05) is 49.1 Å². The molecule has 2 aromatic heterocycles. The third-order valence-electron chi connectivity index (χ3n) is 6.56. The molecule has 0 bridgehead atoms. The lowest BCUT2D eigenvalue weighted by molar-refractivity contribution is -0.0613. The van der Waals surface area contributed by atoms with Crippen LogP contribution in [-0.2, 0) is 13.0 Å². The van der Waals surface area contributed by atoms with Crippen LogP contribution in [0, 0.1) is 5.92 Å². The monoisotopic (exact) mass is 365 g/mol. The van der Waals surface area contributed by atoms with Crippen LogP contribution in [0.3, 0.4) is 0 Å². The molecule has 1 saturated carbocycles. The Morgan fingerprint density at radius 1 is 1.22 bits per heavy atom. The van der Waals surface area contributed by atoms with Gasteiger partial charge in [0.15, 0.2) is 5.82 Å². The van der Waals surface area contributed by atoms with Gasteiger partial charge in [0.2, 0.25) is 0 Å². The van der Waals surface area contributed by atoms with Crippen molar-refractivity contribution in [1.82, 2.24) is 20.3 Å². The largest absolute Gasteiger partial charge is 0.389 e. The average Bonchev–Trinajstić information content (AvgIpc) is 2.73. The van der Waals surface area contributed by atoms with Crippen LogP contribution in [0.25, 0.3) is 11.4 Å². The molecular formula is C21H27N5O.